The molecule has 0 bridgehead atoms. The first-order valence-corrected chi connectivity index (χ1v) is 5.90. The van der Waals surface area contributed by atoms with Crippen LogP contribution in [0, 0.1) is 0 Å². The van der Waals surface area contributed by atoms with Gasteiger partial charge in [-0.2, -0.15) is 0 Å². The highest BCUT2D eigenvalue weighted by Gasteiger charge is 2.29. The predicted molar refractivity (Wildman–Crippen MR) is 69.5 cm³/mol. The predicted octanol–water partition coefficient (Wildman–Crippen LogP) is 0.875. The Labute approximate surface area is 109 Å². The van der Waals surface area contributed by atoms with E-state index in [9.17, 15) is 9.59 Å². The van der Waals surface area contributed by atoms with E-state index in [1.165, 1.54) is 0 Å². The maximum absolute atomic E-state index is 11.6. The topological polar surface area (TPSA) is 81.4 Å². The van der Waals surface area contributed by atoms with E-state index in [4.69, 9.17) is 10.5 Å². The van der Waals surface area contributed by atoms with Gasteiger partial charge in [0, 0.05) is 5.56 Å². The van der Waals surface area contributed by atoms with Crippen LogP contribution in [0.25, 0.3) is 10.8 Å². The van der Waals surface area contributed by atoms with Crippen LogP contribution in [0.3, 0.4) is 0 Å². The van der Waals surface area contributed by atoms with Gasteiger partial charge in [-0.15, -0.1) is 0 Å². The fourth-order valence-electron chi connectivity index (χ4n) is 2.33. The van der Waals surface area contributed by atoms with Crippen molar-refractivity contribution in [2.24, 2.45) is 5.73 Å². The fourth-order valence-corrected chi connectivity index (χ4v) is 2.33. The van der Waals surface area contributed by atoms with Crippen molar-refractivity contribution in [3.63, 3.8) is 0 Å². The molecule has 1 aliphatic heterocycles. The van der Waals surface area contributed by atoms with E-state index in [1.807, 2.05) is 30.3 Å². The highest BCUT2D eigenvalue weighted by atomic mass is 16.5. The molecule has 5 heteroatoms. The minimum Gasteiger partial charge on any atom is -0.483 e. The summed E-state index contributed by atoms with van der Waals surface area (Å²) in [6.45, 7) is -0.116. The molecule has 5 nitrogen and oxygen atoms in total. The Morgan fingerprint density at radius 2 is 2.05 bits per heavy atom. The van der Waals surface area contributed by atoms with Crippen molar-refractivity contribution in [2.75, 3.05) is 6.61 Å². The van der Waals surface area contributed by atoms with Crippen molar-refractivity contribution in [1.82, 2.24) is 5.32 Å². The summed E-state index contributed by atoms with van der Waals surface area (Å²) in [6.07, 6.45) is 0. The van der Waals surface area contributed by atoms with Gasteiger partial charge in [0.1, 0.15) is 11.8 Å². The second kappa shape index (κ2) is 4.28. The Hall–Kier alpha value is -2.56. The van der Waals surface area contributed by atoms with Crippen LogP contribution < -0.4 is 15.8 Å². The van der Waals surface area contributed by atoms with Gasteiger partial charge in [0.05, 0.1) is 0 Å². The van der Waals surface area contributed by atoms with Crippen LogP contribution in [0.5, 0.6) is 5.75 Å². The van der Waals surface area contributed by atoms with Gasteiger partial charge in [0.25, 0.3) is 5.91 Å². The molecule has 1 unspecified atom stereocenters. The molecule has 2 amide bonds. The van der Waals surface area contributed by atoms with Crippen LogP contribution in [0.2, 0.25) is 0 Å². The van der Waals surface area contributed by atoms with E-state index in [1.54, 1.807) is 6.07 Å². The summed E-state index contributed by atoms with van der Waals surface area (Å²) >= 11 is 0. The standard InChI is InChI=1S/C14H12N2O3/c15-14(18)13-12-9-4-2-1-3-8(9)5-6-10(12)19-7-11(17)16-13/h1-6,13H,7H2,(H2,15,18)(H,16,17). The Bertz CT molecular complexity index is 681. The Morgan fingerprint density at radius 3 is 2.84 bits per heavy atom. The number of nitrogens with two attached hydrogens (primary N) is 1. The normalized spacial score (nSPS) is 18.1. The first-order valence-electron chi connectivity index (χ1n) is 5.90. The van der Waals surface area contributed by atoms with Crippen molar-refractivity contribution >= 4 is 22.6 Å². The molecule has 96 valence electrons. The molecule has 0 aromatic heterocycles. The van der Waals surface area contributed by atoms with Crippen molar-refractivity contribution in [1.29, 1.82) is 0 Å². The van der Waals surface area contributed by atoms with Gasteiger partial charge in [-0.25, -0.2) is 0 Å². The number of carbonyl (C=O) groups is 2. The lowest BCUT2D eigenvalue weighted by Crippen LogP contribution is -2.37. The van der Waals surface area contributed by atoms with E-state index in [-0.39, 0.29) is 12.5 Å². The lowest BCUT2D eigenvalue weighted by molar-refractivity contribution is -0.128. The number of fused-ring (bicyclic) bond motifs is 3. The molecule has 0 spiro atoms. The maximum atomic E-state index is 11.6. The average molecular weight is 256 g/mol. The zero-order valence-electron chi connectivity index (χ0n) is 10.1. The summed E-state index contributed by atoms with van der Waals surface area (Å²) in [6, 6.07) is 10.4. The number of hydrogen-bond acceptors (Lipinski definition) is 3. The molecule has 0 aliphatic carbocycles. The van der Waals surface area contributed by atoms with Gasteiger partial charge in [0.15, 0.2) is 6.61 Å². The Kier molecular flexibility index (Phi) is 2.59. The van der Waals surface area contributed by atoms with Crippen LogP contribution in [-0.4, -0.2) is 18.4 Å². The molecule has 3 rings (SSSR count). The van der Waals surface area contributed by atoms with Crippen molar-refractivity contribution < 1.29 is 14.3 Å². The summed E-state index contributed by atoms with van der Waals surface area (Å²) < 4.78 is 5.43. The van der Waals surface area contributed by atoms with Crippen LogP contribution in [-0.2, 0) is 9.59 Å². The monoisotopic (exact) mass is 256 g/mol. The van der Waals surface area contributed by atoms with Crippen molar-refractivity contribution in [3.05, 3.63) is 42.0 Å². The second-order valence-corrected chi connectivity index (χ2v) is 4.39. The van der Waals surface area contributed by atoms with E-state index in [2.05, 4.69) is 5.32 Å². The molecule has 0 fully saturated rings. The summed E-state index contributed by atoms with van der Waals surface area (Å²) in [5, 5.41) is 4.41. The third kappa shape index (κ3) is 1.89. The number of nitrogens with one attached hydrogen (secondary N) is 1. The average Bonchev–Trinajstić information content (AvgIpc) is 2.58. The SMILES string of the molecule is NC(=O)C1NC(=O)COc2ccc3ccccc3c21. The van der Waals surface area contributed by atoms with Gasteiger partial charge >= 0.3 is 0 Å². The molecule has 19 heavy (non-hydrogen) atoms. The molecule has 0 saturated carbocycles. The van der Waals surface area contributed by atoms with E-state index < -0.39 is 11.9 Å². The molecular weight excluding hydrogens is 244 g/mol. The van der Waals surface area contributed by atoms with Crippen LogP contribution in [0.15, 0.2) is 36.4 Å². The number of amides is 2. The van der Waals surface area contributed by atoms with E-state index in [0.29, 0.717) is 11.3 Å². The molecule has 1 heterocycles. The number of carbonyl (C=O) groups excluding carboxylic acids is 2. The van der Waals surface area contributed by atoms with E-state index >= 15 is 0 Å². The summed E-state index contributed by atoms with van der Waals surface area (Å²) in [5.74, 6) is -0.443. The molecule has 3 N–H and O–H groups in total. The quantitative estimate of drug-likeness (QED) is 0.794. The third-order valence-corrected chi connectivity index (χ3v) is 3.17. The van der Waals surface area contributed by atoms with Crippen LogP contribution in [0.4, 0.5) is 0 Å². The number of benzene rings is 2. The van der Waals surface area contributed by atoms with Crippen molar-refractivity contribution in [3.8, 4) is 5.75 Å². The first kappa shape index (κ1) is 11.5. The van der Waals surface area contributed by atoms with Gasteiger partial charge in [-0.05, 0) is 16.8 Å². The maximum Gasteiger partial charge on any atom is 0.258 e. The van der Waals surface area contributed by atoms with Gasteiger partial charge in [-0.1, -0.05) is 30.3 Å². The molecule has 1 atom stereocenters. The largest absolute Gasteiger partial charge is 0.483 e. The minimum atomic E-state index is -0.865. The molecular formula is C14H12N2O3. The summed E-state index contributed by atoms with van der Waals surface area (Å²) in [4.78, 5) is 23.2. The highest BCUT2D eigenvalue weighted by Crippen LogP contribution is 2.34. The fraction of sp³-hybridized carbons (Fsp3) is 0.143. The number of ether oxygens (including phenoxy) is 1. The zero-order valence-corrected chi connectivity index (χ0v) is 10.1. The smallest absolute Gasteiger partial charge is 0.258 e. The molecule has 2 aromatic carbocycles. The van der Waals surface area contributed by atoms with Crippen molar-refractivity contribution in [2.45, 2.75) is 6.04 Å². The zero-order chi connectivity index (χ0) is 13.4. The Morgan fingerprint density at radius 1 is 1.26 bits per heavy atom. The van der Waals surface area contributed by atoms with Gasteiger partial charge in [-0.3, -0.25) is 9.59 Å². The van der Waals surface area contributed by atoms with E-state index in [0.717, 1.165) is 10.8 Å². The van der Waals surface area contributed by atoms with Gasteiger partial charge in [0.2, 0.25) is 5.91 Å². The number of primary amides is 1. The Balaban J connectivity index is 2.30. The second-order valence-electron chi connectivity index (χ2n) is 4.39. The summed E-state index contributed by atoms with van der Waals surface area (Å²) in [7, 11) is 0. The first-order chi connectivity index (χ1) is 9.16. The number of rotatable bonds is 1. The molecule has 0 radical (unpaired) electrons. The lowest BCUT2D eigenvalue weighted by Gasteiger charge is -2.16. The summed E-state index contributed by atoms with van der Waals surface area (Å²) in [5.41, 5.74) is 6.02. The molecule has 1 aliphatic rings. The minimum absolute atomic E-state index is 0.116. The highest BCUT2D eigenvalue weighted by molar-refractivity contribution is 5.97. The number of hydrogen-bond donors (Lipinski definition) is 2. The molecule has 0 saturated heterocycles. The van der Waals surface area contributed by atoms with Crippen LogP contribution >= 0.6 is 0 Å². The van der Waals surface area contributed by atoms with Gasteiger partial charge < -0.3 is 15.8 Å². The van der Waals surface area contributed by atoms with Crippen LogP contribution in [0.1, 0.15) is 11.6 Å². The molecule has 2 aromatic rings. The third-order valence-electron chi connectivity index (χ3n) is 3.17. The lowest BCUT2D eigenvalue weighted by atomic mass is 9.97.